The smallest absolute Gasteiger partial charge is 0.301 e. The summed E-state index contributed by atoms with van der Waals surface area (Å²) in [5.74, 6) is 1.88. The molecule has 0 saturated heterocycles. The number of anilines is 2. The van der Waals surface area contributed by atoms with E-state index in [-0.39, 0.29) is 17.0 Å². The number of nitrogens with one attached hydrogen (secondary N) is 2. The van der Waals surface area contributed by atoms with Gasteiger partial charge in [0.2, 0.25) is 5.95 Å². The van der Waals surface area contributed by atoms with Crippen LogP contribution in [0.5, 0.6) is 0 Å². The van der Waals surface area contributed by atoms with Crippen molar-refractivity contribution in [1.82, 2.24) is 19.5 Å². The Morgan fingerprint density at radius 2 is 2.04 bits per heavy atom. The van der Waals surface area contributed by atoms with E-state index in [1.54, 1.807) is 40.6 Å². The van der Waals surface area contributed by atoms with Crippen LogP contribution in [-0.2, 0) is 6.54 Å². The molecular formula is C16H16ClN5O2S. The molecule has 0 aliphatic carbocycles. The summed E-state index contributed by atoms with van der Waals surface area (Å²) in [4.78, 5) is 35.5. The van der Waals surface area contributed by atoms with Gasteiger partial charge in [-0.2, -0.15) is 16.7 Å². The van der Waals surface area contributed by atoms with E-state index in [1.165, 1.54) is 6.33 Å². The Kier molecular flexibility index (Phi) is 5.40. The SMILES string of the molecule is CCSCCn1cnc2c(=O)nc(Nc3ccc(Cl)cc3)[nH]c(=O)c21. The van der Waals surface area contributed by atoms with Crippen molar-refractivity contribution in [3.63, 3.8) is 0 Å². The number of aryl methyl sites for hydroxylation is 1. The lowest BCUT2D eigenvalue weighted by atomic mass is 10.3. The van der Waals surface area contributed by atoms with E-state index in [1.807, 2.05) is 0 Å². The standard InChI is InChI=1S/C16H16ClN5O2S/c1-2-25-8-7-22-9-18-12-13(22)15(24)21-16(20-14(12)23)19-11-5-3-10(17)4-6-11/h3-6,9H,2,7-8H2,1H3,(H2,19,20,21,23,24). The molecule has 0 radical (unpaired) electrons. The number of nitrogens with zero attached hydrogens (tertiary/aromatic N) is 3. The van der Waals surface area contributed by atoms with Gasteiger partial charge in [0.1, 0.15) is 5.52 Å². The number of halogens is 1. The van der Waals surface area contributed by atoms with E-state index in [0.717, 1.165) is 11.5 Å². The van der Waals surface area contributed by atoms with Crippen LogP contribution < -0.4 is 16.4 Å². The average Bonchev–Trinajstić information content (AvgIpc) is 2.96. The first kappa shape index (κ1) is 17.5. The van der Waals surface area contributed by atoms with Crippen molar-refractivity contribution in [1.29, 1.82) is 0 Å². The monoisotopic (exact) mass is 377 g/mol. The second kappa shape index (κ2) is 7.71. The fraction of sp³-hybridized carbons (Fsp3) is 0.250. The fourth-order valence-electron chi connectivity index (χ4n) is 2.33. The number of benzene rings is 1. The van der Waals surface area contributed by atoms with Gasteiger partial charge in [0.05, 0.1) is 6.33 Å². The third-order valence-corrected chi connectivity index (χ3v) is 4.62. The highest BCUT2D eigenvalue weighted by Gasteiger charge is 2.11. The fourth-order valence-corrected chi connectivity index (χ4v) is 3.07. The van der Waals surface area contributed by atoms with Crippen LogP contribution in [0, 0.1) is 0 Å². The first-order chi connectivity index (χ1) is 12.1. The molecule has 2 heterocycles. The van der Waals surface area contributed by atoms with Crippen LogP contribution in [0.4, 0.5) is 11.6 Å². The third kappa shape index (κ3) is 4.02. The second-order valence-electron chi connectivity index (χ2n) is 5.18. The number of hydrogen-bond acceptors (Lipinski definition) is 6. The van der Waals surface area contributed by atoms with Crippen LogP contribution in [0.2, 0.25) is 5.02 Å². The van der Waals surface area contributed by atoms with Gasteiger partial charge < -0.3 is 9.88 Å². The zero-order chi connectivity index (χ0) is 17.8. The molecule has 0 bridgehead atoms. The van der Waals surface area contributed by atoms with Crippen molar-refractivity contribution >= 4 is 46.0 Å². The lowest BCUT2D eigenvalue weighted by Gasteiger charge is -2.03. The number of fused-ring (bicyclic) bond motifs is 1. The van der Waals surface area contributed by atoms with Gasteiger partial charge in [-0.05, 0) is 30.0 Å². The van der Waals surface area contributed by atoms with Gasteiger partial charge in [-0.25, -0.2) is 4.98 Å². The Bertz CT molecular complexity index is 1000. The van der Waals surface area contributed by atoms with Crippen LogP contribution in [0.15, 0.2) is 40.2 Å². The third-order valence-electron chi connectivity index (χ3n) is 3.49. The summed E-state index contributed by atoms with van der Waals surface area (Å²) in [6.07, 6.45) is 1.51. The maximum Gasteiger partial charge on any atom is 0.301 e. The first-order valence-corrected chi connectivity index (χ1v) is 9.21. The molecule has 1 aromatic carbocycles. The summed E-state index contributed by atoms with van der Waals surface area (Å²) < 4.78 is 1.69. The van der Waals surface area contributed by atoms with E-state index < -0.39 is 11.1 Å². The highest BCUT2D eigenvalue weighted by atomic mass is 35.5. The summed E-state index contributed by atoms with van der Waals surface area (Å²) in [6, 6.07) is 6.83. The van der Waals surface area contributed by atoms with Gasteiger partial charge in [-0.3, -0.25) is 14.6 Å². The molecule has 0 fully saturated rings. The molecule has 2 aromatic heterocycles. The van der Waals surface area contributed by atoms with Crippen molar-refractivity contribution in [3.8, 4) is 0 Å². The quantitative estimate of drug-likeness (QED) is 0.641. The van der Waals surface area contributed by atoms with Crippen molar-refractivity contribution in [3.05, 3.63) is 56.3 Å². The van der Waals surface area contributed by atoms with Gasteiger partial charge in [-0.1, -0.05) is 18.5 Å². The lowest BCUT2D eigenvalue weighted by Crippen LogP contribution is -2.11. The second-order valence-corrected chi connectivity index (χ2v) is 7.01. The lowest BCUT2D eigenvalue weighted by molar-refractivity contribution is 0.792. The van der Waals surface area contributed by atoms with Crippen LogP contribution in [-0.4, -0.2) is 31.0 Å². The molecule has 0 atom stereocenters. The van der Waals surface area contributed by atoms with E-state index in [9.17, 15) is 9.59 Å². The summed E-state index contributed by atoms with van der Waals surface area (Å²) >= 11 is 7.60. The number of aromatic nitrogens is 4. The topological polar surface area (TPSA) is 92.7 Å². The Morgan fingerprint density at radius 3 is 2.76 bits per heavy atom. The average molecular weight is 378 g/mol. The highest BCUT2D eigenvalue weighted by Crippen LogP contribution is 2.15. The number of imidazole rings is 1. The molecule has 0 amide bonds. The highest BCUT2D eigenvalue weighted by molar-refractivity contribution is 7.99. The first-order valence-electron chi connectivity index (χ1n) is 7.68. The van der Waals surface area contributed by atoms with Crippen molar-refractivity contribution < 1.29 is 0 Å². The zero-order valence-electron chi connectivity index (χ0n) is 13.5. The van der Waals surface area contributed by atoms with E-state index in [4.69, 9.17) is 11.6 Å². The zero-order valence-corrected chi connectivity index (χ0v) is 15.0. The van der Waals surface area contributed by atoms with Gasteiger partial charge in [0.15, 0.2) is 5.52 Å². The maximum atomic E-state index is 12.5. The van der Waals surface area contributed by atoms with Crippen molar-refractivity contribution in [2.75, 3.05) is 16.8 Å². The Hall–Kier alpha value is -2.32. The van der Waals surface area contributed by atoms with Gasteiger partial charge in [0, 0.05) is 23.0 Å². The van der Waals surface area contributed by atoms with Gasteiger partial charge >= 0.3 is 5.56 Å². The van der Waals surface area contributed by atoms with Crippen molar-refractivity contribution in [2.24, 2.45) is 0 Å². The predicted molar refractivity (Wildman–Crippen MR) is 102 cm³/mol. The molecule has 0 aliphatic rings. The van der Waals surface area contributed by atoms with E-state index in [0.29, 0.717) is 17.3 Å². The summed E-state index contributed by atoms with van der Waals surface area (Å²) in [7, 11) is 0. The molecule has 130 valence electrons. The van der Waals surface area contributed by atoms with Crippen molar-refractivity contribution in [2.45, 2.75) is 13.5 Å². The minimum atomic E-state index is -0.563. The number of rotatable bonds is 6. The largest absolute Gasteiger partial charge is 0.326 e. The Balaban J connectivity index is 2.01. The summed E-state index contributed by atoms with van der Waals surface area (Å²) in [5.41, 5.74) is -0.0324. The summed E-state index contributed by atoms with van der Waals surface area (Å²) in [5, 5.41) is 3.49. The van der Waals surface area contributed by atoms with E-state index in [2.05, 4.69) is 27.2 Å². The maximum absolute atomic E-state index is 12.5. The normalized spacial score (nSPS) is 11.0. The number of hydrogen-bond donors (Lipinski definition) is 2. The molecule has 0 saturated carbocycles. The van der Waals surface area contributed by atoms with Crippen LogP contribution >= 0.6 is 23.4 Å². The molecule has 0 unspecified atom stereocenters. The minimum absolute atomic E-state index is 0.0600. The predicted octanol–water partition coefficient (Wildman–Crippen LogP) is 2.63. The molecule has 0 aliphatic heterocycles. The number of thioether (sulfide) groups is 1. The molecule has 9 heteroatoms. The Labute approximate surface area is 152 Å². The minimum Gasteiger partial charge on any atom is -0.326 e. The molecule has 3 aromatic rings. The van der Waals surface area contributed by atoms with Crippen LogP contribution in [0.25, 0.3) is 11.0 Å². The van der Waals surface area contributed by atoms with Gasteiger partial charge in [0.25, 0.3) is 5.56 Å². The molecular weight excluding hydrogens is 362 g/mol. The summed E-state index contributed by atoms with van der Waals surface area (Å²) in [6.45, 7) is 2.67. The molecule has 25 heavy (non-hydrogen) atoms. The number of H-pyrrole nitrogens is 1. The van der Waals surface area contributed by atoms with Gasteiger partial charge in [-0.15, -0.1) is 0 Å². The Morgan fingerprint density at radius 1 is 1.28 bits per heavy atom. The van der Waals surface area contributed by atoms with Crippen LogP contribution in [0.1, 0.15) is 6.92 Å². The van der Waals surface area contributed by atoms with Crippen LogP contribution in [0.3, 0.4) is 0 Å². The molecule has 2 N–H and O–H groups in total. The molecule has 7 nitrogen and oxygen atoms in total. The molecule has 3 rings (SSSR count). The van der Waals surface area contributed by atoms with E-state index >= 15 is 0 Å². The molecule has 0 spiro atoms. The number of aromatic amines is 1.